The Balaban J connectivity index is -0.00000840. The molecule has 0 aliphatic rings. The minimum Gasteiger partial charge on any atom is -0.548 e. The van der Waals surface area contributed by atoms with Crippen LogP contribution in [0.2, 0.25) is 0 Å². The molecule has 0 amide bonds. The zero-order chi connectivity index (χ0) is 30.9. The minimum atomic E-state index is -1.31. The molecule has 0 saturated carbocycles. The van der Waals surface area contributed by atoms with E-state index in [1.54, 1.807) is 0 Å². The van der Waals surface area contributed by atoms with Crippen LogP contribution < -0.4 is 69.3 Å². The van der Waals surface area contributed by atoms with Crippen molar-refractivity contribution in [2.45, 2.75) is 103 Å². The van der Waals surface area contributed by atoms with Crippen molar-refractivity contribution in [1.29, 1.82) is 0 Å². The number of carbonyl (C=O) groups is 2. The molecule has 0 saturated heterocycles. The number of aliphatic carboxylic acids is 2. The average molecular weight is 647 g/mol. The van der Waals surface area contributed by atoms with Gasteiger partial charge < -0.3 is 48.2 Å². The summed E-state index contributed by atoms with van der Waals surface area (Å²) in [5, 5.41) is 21.6. The van der Waals surface area contributed by atoms with E-state index < -0.39 is 37.4 Å². The Bertz CT molecular complexity index is 623. The molecule has 0 spiro atoms. The number of hydrogen-bond donors (Lipinski definition) is 0. The minimum absolute atomic E-state index is 0. The molecule has 2 unspecified atom stereocenters. The largest absolute Gasteiger partial charge is 1.00 e. The fourth-order valence-corrected chi connectivity index (χ4v) is 3.74. The second-order valence-corrected chi connectivity index (χ2v) is 10.1. The molecule has 0 aromatic heterocycles. The Morgan fingerprint density at radius 2 is 0.841 bits per heavy atom. The summed E-state index contributed by atoms with van der Waals surface area (Å²) < 4.78 is 33.1. The maximum absolute atomic E-state index is 10.8. The molecule has 0 radical (unpaired) electrons. The molecule has 0 aromatic carbocycles. The normalized spacial score (nSPS) is 12.7. The van der Waals surface area contributed by atoms with E-state index in [-0.39, 0.29) is 98.8 Å². The van der Waals surface area contributed by atoms with Gasteiger partial charge in [0.05, 0.1) is 64.8 Å². The van der Waals surface area contributed by atoms with E-state index in [0.29, 0.717) is 13.2 Å². The van der Waals surface area contributed by atoms with Gasteiger partial charge in [0.15, 0.2) is 0 Å². The molecule has 0 rings (SSSR count). The maximum atomic E-state index is 10.8. The second-order valence-electron chi connectivity index (χ2n) is 10.1. The fraction of sp³-hybridized carbons (Fsp3) is 0.812. The molecule has 0 aliphatic carbocycles. The van der Waals surface area contributed by atoms with Crippen molar-refractivity contribution in [2.24, 2.45) is 0 Å². The van der Waals surface area contributed by atoms with Crippen molar-refractivity contribution in [3.8, 4) is 0 Å². The van der Waals surface area contributed by atoms with Crippen LogP contribution in [0.1, 0.15) is 90.9 Å². The van der Waals surface area contributed by atoms with Crippen LogP contribution in [0.25, 0.3) is 0 Å². The summed E-state index contributed by atoms with van der Waals surface area (Å²) in [6.45, 7) is 5.52. The van der Waals surface area contributed by atoms with Crippen LogP contribution in [0.4, 0.5) is 0 Å². The third kappa shape index (κ3) is 38.4. The Morgan fingerprint density at radius 3 is 1.16 bits per heavy atom. The SMILES string of the molecule is CCCCC/C=C\CCCOCC(COCCOCC(COCCC/C=C\CCCCC)OCC(=O)[O-])OCC(=O)[O-].[Na+].[Na+]. The first-order chi connectivity index (χ1) is 20.5. The van der Waals surface area contributed by atoms with Crippen LogP contribution in [0.5, 0.6) is 0 Å². The number of ether oxygens (including phenoxy) is 6. The van der Waals surface area contributed by atoms with Crippen molar-refractivity contribution in [3.05, 3.63) is 24.3 Å². The van der Waals surface area contributed by atoms with Crippen molar-refractivity contribution in [1.82, 2.24) is 0 Å². The summed E-state index contributed by atoms with van der Waals surface area (Å²) in [5.41, 5.74) is 0. The van der Waals surface area contributed by atoms with Gasteiger partial charge in [-0.1, -0.05) is 63.8 Å². The molecule has 12 heteroatoms. The zero-order valence-electron chi connectivity index (χ0n) is 28.1. The molecule has 246 valence electrons. The zero-order valence-corrected chi connectivity index (χ0v) is 32.1. The summed E-state index contributed by atoms with van der Waals surface area (Å²) in [4.78, 5) is 21.6. The number of allylic oxidation sites excluding steroid dienone is 4. The van der Waals surface area contributed by atoms with Gasteiger partial charge in [0.1, 0.15) is 12.2 Å². The van der Waals surface area contributed by atoms with Crippen LogP contribution in [0.15, 0.2) is 24.3 Å². The second kappa shape index (κ2) is 39.4. The van der Waals surface area contributed by atoms with Gasteiger partial charge in [0.2, 0.25) is 0 Å². The maximum Gasteiger partial charge on any atom is 1.00 e. The molecular weight excluding hydrogens is 590 g/mol. The van der Waals surface area contributed by atoms with Gasteiger partial charge in [0, 0.05) is 13.2 Å². The Kier molecular flexibility index (Phi) is 43.5. The predicted molar refractivity (Wildman–Crippen MR) is 158 cm³/mol. The molecule has 0 aromatic rings. The number of carboxylic acids is 2. The molecule has 0 N–H and O–H groups in total. The van der Waals surface area contributed by atoms with E-state index in [4.69, 9.17) is 28.4 Å². The van der Waals surface area contributed by atoms with Gasteiger partial charge in [-0.05, 0) is 51.4 Å². The molecule has 44 heavy (non-hydrogen) atoms. The van der Waals surface area contributed by atoms with Gasteiger partial charge in [-0.2, -0.15) is 0 Å². The van der Waals surface area contributed by atoms with Crippen LogP contribution in [-0.2, 0) is 38.0 Å². The van der Waals surface area contributed by atoms with Gasteiger partial charge >= 0.3 is 59.1 Å². The molecule has 0 bridgehead atoms. The molecule has 0 aliphatic heterocycles. The first-order valence-corrected chi connectivity index (χ1v) is 15.7. The number of hydrogen-bond acceptors (Lipinski definition) is 10. The Labute approximate surface area is 310 Å². The van der Waals surface area contributed by atoms with Gasteiger partial charge in [-0.3, -0.25) is 0 Å². The van der Waals surface area contributed by atoms with E-state index in [2.05, 4.69) is 38.2 Å². The van der Waals surface area contributed by atoms with E-state index in [1.807, 2.05) is 0 Å². The van der Waals surface area contributed by atoms with Crippen molar-refractivity contribution < 1.29 is 107 Å². The van der Waals surface area contributed by atoms with Crippen molar-refractivity contribution >= 4 is 11.9 Å². The van der Waals surface area contributed by atoms with Gasteiger partial charge in [-0.25, -0.2) is 0 Å². The number of carbonyl (C=O) groups excluding carboxylic acids is 2. The summed E-state index contributed by atoms with van der Waals surface area (Å²) in [6, 6.07) is 0. The molecular formula is C32H56Na2O10. The Morgan fingerprint density at radius 1 is 0.523 bits per heavy atom. The van der Waals surface area contributed by atoms with E-state index in [9.17, 15) is 19.8 Å². The van der Waals surface area contributed by atoms with Gasteiger partial charge in [0.25, 0.3) is 0 Å². The molecule has 10 nitrogen and oxygen atoms in total. The van der Waals surface area contributed by atoms with Crippen LogP contribution >= 0.6 is 0 Å². The third-order valence-electron chi connectivity index (χ3n) is 6.06. The monoisotopic (exact) mass is 646 g/mol. The van der Waals surface area contributed by atoms with E-state index in [1.165, 1.54) is 38.5 Å². The van der Waals surface area contributed by atoms with E-state index in [0.717, 1.165) is 38.5 Å². The Hall–Kier alpha value is 0.180. The average Bonchev–Trinajstić information content (AvgIpc) is 2.97. The first-order valence-electron chi connectivity index (χ1n) is 15.7. The predicted octanol–water partition coefficient (Wildman–Crippen LogP) is -2.84. The summed E-state index contributed by atoms with van der Waals surface area (Å²) in [6.07, 6.45) is 20.8. The van der Waals surface area contributed by atoms with Crippen molar-refractivity contribution in [2.75, 3.05) is 66.1 Å². The number of carboxylic acid groups (broad SMARTS) is 2. The van der Waals surface area contributed by atoms with Gasteiger partial charge in [-0.15, -0.1) is 0 Å². The summed E-state index contributed by atoms with van der Waals surface area (Å²) in [7, 11) is 0. The smallest absolute Gasteiger partial charge is 0.548 e. The van der Waals surface area contributed by atoms with Crippen LogP contribution in [0, 0.1) is 0 Å². The van der Waals surface area contributed by atoms with E-state index >= 15 is 0 Å². The van der Waals surface area contributed by atoms with Crippen LogP contribution in [0.3, 0.4) is 0 Å². The number of rotatable bonds is 33. The van der Waals surface area contributed by atoms with Crippen molar-refractivity contribution in [3.63, 3.8) is 0 Å². The topological polar surface area (TPSA) is 136 Å². The molecule has 0 heterocycles. The summed E-state index contributed by atoms with van der Waals surface area (Å²) >= 11 is 0. The first kappa shape index (κ1) is 48.6. The standard InChI is InChI=1S/C32H58O10.2Na/c1-3-5-7-9-11-13-15-17-19-37-23-29(41-27-31(33)34)25-39-21-22-40-26-30(42-28-32(35)36)24-38-20-18-16-14-12-10-8-6-4-2;;/h11-14,29-30H,3-10,15-28H2,1-2H3,(H,33,34)(H,35,36);;/q;2*+1/p-2/b13-11-,14-12-;;. The third-order valence-corrected chi connectivity index (χ3v) is 6.06. The van der Waals surface area contributed by atoms with Crippen LogP contribution in [-0.4, -0.2) is 90.2 Å². The molecule has 2 atom stereocenters. The summed E-state index contributed by atoms with van der Waals surface area (Å²) in [5.74, 6) is -2.61. The molecule has 0 fully saturated rings. The fourth-order valence-electron chi connectivity index (χ4n) is 3.74. The quantitative estimate of drug-likeness (QED) is 0.0417. The number of unbranched alkanes of at least 4 members (excludes halogenated alkanes) is 8.